The molecule has 1 unspecified atom stereocenters. The van der Waals surface area contributed by atoms with Crippen molar-refractivity contribution >= 4 is 28.3 Å². The zero-order chi connectivity index (χ0) is 21.0. The van der Waals surface area contributed by atoms with Gasteiger partial charge in [0.15, 0.2) is 0 Å². The Labute approximate surface area is 170 Å². The predicted molar refractivity (Wildman–Crippen MR) is 114 cm³/mol. The second-order valence-corrected chi connectivity index (χ2v) is 7.92. The number of nitrogens with zero attached hydrogens (tertiary/aromatic N) is 1. The molecule has 29 heavy (non-hydrogen) atoms. The Hall–Kier alpha value is -3.25. The fourth-order valence-electron chi connectivity index (χ4n) is 2.81. The highest BCUT2D eigenvalue weighted by Gasteiger charge is 2.24. The minimum absolute atomic E-state index is 0.157. The van der Waals surface area contributed by atoms with E-state index in [1.807, 2.05) is 24.3 Å². The number of benzene rings is 2. The summed E-state index contributed by atoms with van der Waals surface area (Å²) in [6, 6.07) is 14.4. The van der Waals surface area contributed by atoms with Crippen LogP contribution in [0, 0.1) is 5.41 Å². The number of nitrogens with two attached hydrogens (primary N) is 1. The molecule has 6 nitrogen and oxygen atoms in total. The first-order valence-electron chi connectivity index (χ1n) is 9.45. The number of anilines is 1. The summed E-state index contributed by atoms with van der Waals surface area (Å²) in [5, 5.41) is 4.92. The van der Waals surface area contributed by atoms with Crippen molar-refractivity contribution in [2.45, 2.75) is 26.7 Å². The zero-order valence-corrected chi connectivity index (χ0v) is 16.8. The highest BCUT2D eigenvalue weighted by molar-refractivity contribution is 5.98. The topological polar surface area (TPSA) is 94.3 Å². The summed E-state index contributed by atoms with van der Waals surface area (Å²) in [5.41, 5.74) is 6.73. The summed E-state index contributed by atoms with van der Waals surface area (Å²) in [4.78, 5) is 28.9. The third-order valence-electron chi connectivity index (χ3n) is 4.57. The van der Waals surface area contributed by atoms with E-state index in [4.69, 9.17) is 10.5 Å². The number of hydrogen-bond acceptors (Lipinski definition) is 5. The van der Waals surface area contributed by atoms with Gasteiger partial charge >= 0.3 is 5.97 Å². The van der Waals surface area contributed by atoms with Crippen molar-refractivity contribution in [3.05, 3.63) is 66.5 Å². The van der Waals surface area contributed by atoms with Crippen molar-refractivity contribution in [1.29, 1.82) is 0 Å². The molecule has 6 heteroatoms. The molecule has 1 aromatic heterocycles. The molecule has 0 radical (unpaired) electrons. The molecule has 1 amide bonds. The fraction of sp³-hybridized carbons (Fsp3) is 0.261. The van der Waals surface area contributed by atoms with Gasteiger partial charge in [-0.3, -0.25) is 14.6 Å². The Kier molecular flexibility index (Phi) is 5.94. The van der Waals surface area contributed by atoms with Gasteiger partial charge in [0.25, 0.3) is 0 Å². The molecule has 3 N–H and O–H groups in total. The van der Waals surface area contributed by atoms with E-state index in [0.717, 1.165) is 16.3 Å². The van der Waals surface area contributed by atoms with Gasteiger partial charge in [0.1, 0.15) is 5.75 Å². The van der Waals surface area contributed by atoms with Gasteiger partial charge < -0.3 is 15.8 Å². The normalized spacial score (nSPS) is 12.4. The third kappa shape index (κ3) is 4.97. The summed E-state index contributed by atoms with van der Waals surface area (Å²) in [7, 11) is 0. The molecule has 0 fully saturated rings. The van der Waals surface area contributed by atoms with Crippen LogP contribution in [0.5, 0.6) is 5.75 Å². The first kappa shape index (κ1) is 20.5. The second-order valence-electron chi connectivity index (χ2n) is 7.92. The van der Waals surface area contributed by atoms with Gasteiger partial charge in [-0.15, -0.1) is 0 Å². The van der Waals surface area contributed by atoms with Gasteiger partial charge in [0, 0.05) is 30.0 Å². The molecule has 150 valence electrons. The molecule has 0 bridgehead atoms. The Balaban J connectivity index is 1.72. The monoisotopic (exact) mass is 391 g/mol. The van der Waals surface area contributed by atoms with E-state index in [-0.39, 0.29) is 18.4 Å². The molecular formula is C23H25N3O3. The summed E-state index contributed by atoms with van der Waals surface area (Å²) >= 11 is 0. The van der Waals surface area contributed by atoms with Crippen LogP contribution in [0.1, 0.15) is 32.3 Å². The molecule has 0 saturated heterocycles. The van der Waals surface area contributed by atoms with Crippen LogP contribution in [0.25, 0.3) is 10.8 Å². The molecule has 3 aromatic rings. The maximum absolute atomic E-state index is 12.8. The number of nitrogens with one attached hydrogen (secondary N) is 1. The van der Waals surface area contributed by atoms with Crippen LogP contribution in [-0.4, -0.2) is 23.4 Å². The first-order chi connectivity index (χ1) is 13.8. The van der Waals surface area contributed by atoms with Crippen molar-refractivity contribution in [2.75, 3.05) is 11.9 Å². The molecule has 1 heterocycles. The number of rotatable bonds is 5. The lowest BCUT2D eigenvalue weighted by molar-refractivity contribution is -0.143. The molecule has 0 saturated carbocycles. The molecule has 0 aliphatic rings. The first-order valence-corrected chi connectivity index (χ1v) is 9.45. The Morgan fingerprint density at radius 1 is 1.07 bits per heavy atom. The van der Waals surface area contributed by atoms with Crippen molar-refractivity contribution in [1.82, 2.24) is 4.98 Å². The Morgan fingerprint density at radius 2 is 1.79 bits per heavy atom. The molecule has 1 atom stereocenters. The van der Waals surface area contributed by atoms with Crippen molar-refractivity contribution in [2.24, 2.45) is 11.1 Å². The average molecular weight is 391 g/mol. The molecule has 3 rings (SSSR count). The van der Waals surface area contributed by atoms with Crippen LogP contribution < -0.4 is 15.8 Å². The summed E-state index contributed by atoms with van der Waals surface area (Å²) < 4.78 is 5.37. The standard InChI is InChI=1S/C23H25N3O3/c1-23(2,3)22(28)29-19-8-5-15(6-9-19)20(13-24)21(27)26-18-7-4-17-14-25-11-10-16(17)12-18/h4-12,14,20H,13,24H2,1-3H3,(H,26,27). The molecule has 0 aliphatic carbocycles. The number of carbonyl (C=O) groups is 2. The highest BCUT2D eigenvalue weighted by atomic mass is 16.5. The van der Waals surface area contributed by atoms with E-state index in [0.29, 0.717) is 11.4 Å². The zero-order valence-electron chi connectivity index (χ0n) is 16.8. The molecular weight excluding hydrogens is 366 g/mol. The number of fused-ring (bicyclic) bond motifs is 1. The molecule has 2 aromatic carbocycles. The van der Waals surface area contributed by atoms with Crippen LogP contribution in [0.15, 0.2) is 60.9 Å². The maximum Gasteiger partial charge on any atom is 0.316 e. The number of carbonyl (C=O) groups excluding carboxylic acids is 2. The molecule has 0 spiro atoms. The highest BCUT2D eigenvalue weighted by Crippen LogP contribution is 2.24. The quantitative estimate of drug-likeness (QED) is 0.509. The van der Waals surface area contributed by atoms with Crippen LogP contribution in [0.2, 0.25) is 0 Å². The van der Waals surface area contributed by atoms with E-state index in [9.17, 15) is 9.59 Å². The van der Waals surface area contributed by atoms with E-state index < -0.39 is 11.3 Å². The smallest absolute Gasteiger partial charge is 0.316 e. The van der Waals surface area contributed by atoms with E-state index in [1.165, 1.54) is 0 Å². The summed E-state index contributed by atoms with van der Waals surface area (Å²) in [5.74, 6) is -0.589. The molecule has 0 aliphatic heterocycles. The van der Waals surface area contributed by atoms with Gasteiger partial charge in [-0.05, 0) is 62.1 Å². The largest absolute Gasteiger partial charge is 0.426 e. The van der Waals surface area contributed by atoms with Crippen LogP contribution in [0.4, 0.5) is 5.69 Å². The number of pyridine rings is 1. The minimum atomic E-state index is -0.589. The van der Waals surface area contributed by atoms with Crippen molar-refractivity contribution in [3.8, 4) is 5.75 Å². The van der Waals surface area contributed by atoms with Gasteiger partial charge in [-0.2, -0.15) is 0 Å². The van der Waals surface area contributed by atoms with E-state index in [2.05, 4.69) is 10.3 Å². The lowest BCUT2D eigenvalue weighted by atomic mass is 9.97. The number of hydrogen-bond donors (Lipinski definition) is 2. The fourth-order valence-corrected chi connectivity index (χ4v) is 2.81. The second kappa shape index (κ2) is 8.41. The number of esters is 1. The van der Waals surface area contributed by atoms with Gasteiger partial charge in [0.05, 0.1) is 11.3 Å². The van der Waals surface area contributed by atoms with Gasteiger partial charge in [0.2, 0.25) is 5.91 Å². The van der Waals surface area contributed by atoms with E-state index >= 15 is 0 Å². The lowest BCUT2D eigenvalue weighted by Crippen LogP contribution is -2.27. The average Bonchev–Trinajstić information content (AvgIpc) is 2.69. The van der Waals surface area contributed by atoms with E-state index in [1.54, 1.807) is 57.4 Å². The van der Waals surface area contributed by atoms with Gasteiger partial charge in [-0.25, -0.2) is 0 Å². The lowest BCUT2D eigenvalue weighted by Gasteiger charge is -2.18. The summed E-state index contributed by atoms with van der Waals surface area (Å²) in [6.45, 7) is 5.54. The van der Waals surface area contributed by atoms with Crippen LogP contribution >= 0.6 is 0 Å². The number of amides is 1. The minimum Gasteiger partial charge on any atom is -0.426 e. The number of ether oxygens (including phenoxy) is 1. The third-order valence-corrected chi connectivity index (χ3v) is 4.57. The SMILES string of the molecule is CC(C)(C)C(=O)Oc1ccc(C(CN)C(=O)Nc2ccc3cnccc3c2)cc1. The van der Waals surface area contributed by atoms with Crippen molar-refractivity contribution in [3.63, 3.8) is 0 Å². The maximum atomic E-state index is 12.8. The summed E-state index contributed by atoms with van der Waals surface area (Å²) in [6.07, 6.45) is 3.49. The van der Waals surface area contributed by atoms with Crippen LogP contribution in [0.3, 0.4) is 0 Å². The Morgan fingerprint density at radius 3 is 2.45 bits per heavy atom. The van der Waals surface area contributed by atoms with Crippen LogP contribution in [-0.2, 0) is 9.59 Å². The number of aromatic nitrogens is 1. The van der Waals surface area contributed by atoms with Crippen molar-refractivity contribution < 1.29 is 14.3 Å². The Bertz CT molecular complexity index is 1020. The predicted octanol–water partition coefficient (Wildman–Crippen LogP) is 3.87. The van der Waals surface area contributed by atoms with Gasteiger partial charge in [-0.1, -0.05) is 18.2 Å².